The van der Waals surface area contributed by atoms with E-state index in [9.17, 15) is 14.4 Å². The van der Waals surface area contributed by atoms with E-state index in [-0.39, 0.29) is 16.9 Å². The number of hydrogen-bond acceptors (Lipinski definition) is 4. The van der Waals surface area contributed by atoms with Crippen molar-refractivity contribution in [2.24, 2.45) is 0 Å². The van der Waals surface area contributed by atoms with E-state index in [2.05, 4.69) is 11.3 Å². The number of esters is 2. The van der Waals surface area contributed by atoms with Gasteiger partial charge in [-0.1, -0.05) is 25.5 Å². The number of Topliss-reactive ketones (excluding diaryl/α,β-unsaturated/α-hetero) is 1. The maximum atomic E-state index is 12.2. The summed E-state index contributed by atoms with van der Waals surface area (Å²) in [6, 6.07) is 2.99. The highest BCUT2D eigenvalue weighted by Crippen LogP contribution is 2.28. The molecule has 0 aromatic heterocycles. The summed E-state index contributed by atoms with van der Waals surface area (Å²) in [4.78, 5) is 35.4. The molecule has 0 unspecified atom stereocenters. The van der Waals surface area contributed by atoms with Gasteiger partial charge in [-0.05, 0) is 31.0 Å². The predicted molar refractivity (Wildman–Crippen MR) is 74.8 cm³/mol. The third-order valence-corrected chi connectivity index (χ3v) is 3.30. The lowest BCUT2D eigenvalue weighted by Gasteiger charge is -2.09. The van der Waals surface area contributed by atoms with Crippen LogP contribution in [0.15, 0.2) is 18.7 Å². The van der Waals surface area contributed by atoms with Crippen molar-refractivity contribution in [3.63, 3.8) is 0 Å². The molecule has 0 spiro atoms. The number of carbonyl (C=O) groups is 3. The second-order valence-electron chi connectivity index (χ2n) is 4.93. The number of hydrogen-bond donors (Lipinski definition) is 0. The standard InChI is InChI=1S/C16H16O4/c1-4-5-6-14(17)11-8-13-12(7-10(11)9(2)3)15(18)20-16(13)19/h7-8H,2,4-6H2,1,3H3. The zero-order chi connectivity index (χ0) is 14.9. The molecule has 104 valence electrons. The van der Waals surface area contributed by atoms with Crippen molar-refractivity contribution in [3.8, 4) is 0 Å². The molecule has 0 radical (unpaired) electrons. The molecule has 0 bridgehead atoms. The van der Waals surface area contributed by atoms with Crippen molar-refractivity contribution in [2.45, 2.75) is 33.1 Å². The molecule has 0 N–H and O–H groups in total. The van der Waals surface area contributed by atoms with E-state index in [1.165, 1.54) is 12.1 Å². The lowest BCUT2D eigenvalue weighted by molar-refractivity contribution is 0.0443. The van der Waals surface area contributed by atoms with Gasteiger partial charge in [0.2, 0.25) is 0 Å². The summed E-state index contributed by atoms with van der Waals surface area (Å²) in [7, 11) is 0. The molecule has 0 atom stereocenters. The zero-order valence-electron chi connectivity index (χ0n) is 11.6. The van der Waals surface area contributed by atoms with Gasteiger partial charge >= 0.3 is 11.9 Å². The number of ether oxygens (including phenoxy) is 1. The molecule has 4 nitrogen and oxygen atoms in total. The summed E-state index contributed by atoms with van der Waals surface area (Å²) in [6.07, 6.45) is 2.12. The van der Waals surface area contributed by atoms with Crippen LogP contribution in [0.3, 0.4) is 0 Å². The molecule has 0 saturated heterocycles. The van der Waals surface area contributed by atoms with Crippen LogP contribution in [0.25, 0.3) is 5.57 Å². The molecule has 0 amide bonds. The van der Waals surface area contributed by atoms with Crippen LogP contribution in [0.1, 0.15) is 69.7 Å². The molecule has 1 aliphatic heterocycles. The lowest BCUT2D eigenvalue weighted by Crippen LogP contribution is -2.06. The summed E-state index contributed by atoms with van der Waals surface area (Å²) >= 11 is 0. The minimum Gasteiger partial charge on any atom is -0.386 e. The van der Waals surface area contributed by atoms with Crippen molar-refractivity contribution >= 4 is 23.3 Å². The number of ketones is 1. The molecule has 20 heavy (non-hydrogen) atoms. The van der Waals surface area contributed by atoms with Gasteiger partial charge in [0.1, 0.15) is 0 Å². The number of rotatable bonds is 5. The fourth-order valence-electron chi connectivity index (χ4n) is 2.19. The Morgan fingerprint density at radius 1 is 1.15 bits per heavy atom. The SMILES string of the molecule is C=C(C)c1cc2c(cc1C(=O)CCCC)C(=O)OC2=O. The fraction of sp³-hybridized carbons (Fsp3) is 0.312. The Kier molecular flexibility index (Phi) is 3.84. The Labute approximate surface area is 117 Å². The second-order valence-corrected chi connectivity index (χ2v) is 4.93. The van der Waals surface area contributed by atoms with E-state index >= 15 is 0 Å². The van der Waals surface area contributed by atoms with Crippen LogP contribution in [0.2, 0.25) is 0 Å². The van der Waals surface area contributed by atoms with E-state index in [0.29, 0.717) is 23.1 Å². The average molecular weight is 272 g/mol. The van der Waals surface area contributed by atoms with Crippen LogP contribution in [0.5, 0.6) is 0 Å². The zero-order valence-corrected chi connectivity index (χ0v) is 11.6. The lowest BCUT2D eigenvalue weighted by atomic mass is 9.92. The van der Waals surface area contributed by atoms with Gasteiger partial charge in [0.15, 0.2) is 5.78 Å². The van der Waals surface area contributed by atoms with Crippen molar-refractivity contribution < 1.29 is 19.1 Å². The van der Waals surface area contributed by atoms with E-state index in [0.717, 1.165) is 12.8 Å². The maximum absolute atomic E-state index is 12.2. The number of cyclic esters (lactones) is 2. The molecular weight excluding hydrogens is 256 g/mol. The highest BCUT2D eigenvalue weighted by Gasteiger charge is 2.32. The van der Waals surface area contributed by atoms with E-state index in [1.807, 2.05) is 6.92 Å². The Hall–Kier alpha value is -2.23. The first-order chi connectivity index (χ1) is 9.45. The smallest absolute Gasteiger partial charge is 0.346 e. The normalized spacial score (nSPS) is 13.1. The molecule has 1 aliphatic rings. The fourth-order valence-corrected chi connectivity index (χ4v) is 2.19. The first-order valence-electron chi connectivity index (χ1n) is 6.59. The van der Waals surface area contributed by atoms with Gasteiger partial charge in [-0.15, -0.1) is 0 Å². The van der Waals surface area contributed by atoms with Crippen LogP contribution < -0.4 is 0 Å². The summed E-state index contributed by atoms with van der Waals surface area (Å²) in [6.45, 7) is 7.60. The van der Waals surface area contributed by atoms with Gasteiger partial charge in [0.05, 0.1) is 11.1 Å². The van der Waals surface area contributed by atoms with E-state index in [4.69, 9.17) is 0 Å². The van der Waals surface area contributed by atoms with Gasteiger partial charge in [0, 0.05) is 12.0 Å². The Morgan fingerprint density at radius 3 is 2.20 bits per heavy atom. The first kappa shape index (κ1) is 14.2. The van der Waals surface area contributed by atoms with Crippen molar-refractivity contribution in [3.05, 3.63) is 41.0 Å². The van der Waals surface area contributed by atoms with Gasteiger partial charge in [-0.25, -0.2) is 9.59 Å². The van der Waals surface area contributed by atoms with Crippen LogP contribution in [-0.2, 0) is 4.74 Å². The Bertz CT molecular complexity index is 626. The summed E-state index contributed by atoms with van der Waals surface area (Å²) in [5.74, 6) is -1.40. The quantitative estimate of drug-likeness (QED) is 0.468. The summed E-state index contributed by atoms with van der Waals surface area (Å²) < 4.78 is 4.56. The van der Waals surface area contributed by atoms with Gasteiger partial charge in [-0.2, -0.15) is 0 Å². The van der Waals surface area contributed by atoms with Crippen molar-refractivity contribution in [1.82, 2.24) is 0 Å². The highest BCUT2D eigenvalue weighted by atomic mass is 16.6. The number of unbranched alkanes of at least 4 members (excludes halogenated alkanes) is 1. The molecule has 4 heteroatoms. The number of benzene rings is 1. The number of allylic oxidation sites excluding steroid dienone is 1. The number of carbonyl (C=O) groups excluding carboxylic acids is 3. The van der Waals surface area contributed by atoms with E-state index in [1.54, 1.807) is 6.92 Å². The molecule has 0 fully saturated rings. The van der Waals surface area contributed by atoms with Crippen LogP contribution in [-0.4, -0.2) is 17.7 Å². The largest absolute Gasteiger partial charge is 0.386 e. The molecule has 1 aromatic rings. The Balaban J connectivity index is 2.53. The summed E-state index contributed by atoms with van der Waals surface area (Å²) in [5, 5.41) is 0. The van der Waals surface area contributed by atoms with Crippen LogP contribution >= 0.6 is 0 Å². The third kappa shape index (κ3) is 2.41. The molecule has 2 rings (SSSR count). The molecule has 1 aromatic carbocycles. The maximum Gasteiger partial charge on any atom is 0.346 e. The average Bonchev–Trinajstić information content (AvgIpc) is 2.69. The van der Waals surface area contributed by atoms with Crippen molar-refractivity contribution in [2.75, 3.05) is 0 Å². The molecule has 0 aliphatic carbocycles. The third-order valence-electron chi connectivity index (χ3n) is 3.30. The molecular formula is C16H16O4. The monoisotopic (exact) mass is 272 g/mol. The number of fused-ring (bicyclic) bond motifs is 1. The van der Waals surface area contributed by atoms with Gasteiger partial charge < -0.3 is 4.74 Å². The van der Waals surface area contributed by atoms with Gasteiger partial charge in [0.25, 0.3) is 0 Å². The van der Waals surface area contributed by atoms with Crippen molar-refractivity contribution in [1.29, 1.82) is 0 Å². The highest BCUT2D eigenvalue weighted by molar-refractivity contribution is 6.16. The minimum atomic E-state index is -0.692. The predicted octanol–water partition coefficient (Wildman–Crippen LogP) is 3.40. The van der Waals surface area contributed by atoms with Crippen LogP contribution in [0.4, 0.5) is 0 Å². The minimum absolute atomic E-state index is 0.0419. The molecule has 1 heterocycles. The Morgan fingerprint density at radius 2 is 1.70 bits per heavy atom. The van der Waals surface area contributed by atoms with E-state index < -0.39 is 11.9 Å². The first-order valence-corrected chi connectivity index (χ1v) is 6.59. The second kappa shape index (κ2) is 5.41. The van der Waals surface area contributed by atoms with Gasteiger partial charge in [-0.3, -0.25) is 4.79 Å². The topological polar surface area (TPSA) is 60.4 Å². The molecule has 0 saturated carbocycles. The summed E-state index contributed by atoms with van der Waals surface area (Å²) in [5.41, 5.74) is 2.10. The van der Waals surface area contributed by atoms with Crippen LogP contribution in [0, 0.1) is 0 Å².